The number of hydrogen-bond acceptors (Lipinski definition) is 4. The quantitative estimate of drug-likeness (QED) is 0.491. The maximum absolute atomic E-state index is 6.37. The van der Waals surface area contributed by atoms with Gasteiger partial charge in [-0.25, -0.2) is 4.98 Å². The molecule has 1 aliphatic heterocycles. The Hall–Kier alpha value is -0.643. The van der Waals surface area contributed by atoms with Crippen LogP contribution in [0.15, 0.2) is 18.3 Å². The van der Waals surface area contributed by atoms with Crippen LogP contribution >= 0.6 is 22.6 Å². The van der Waals surface area contributed by atoms with E-state index >= 15 is 0 Å². The molecule has 0 amide bonds. The standard InChI is InChI=1S/C18H28IN3O2Si/c1-18(2,3)25(4,5)24-13-15-17(19)22-12-14(6-7-16(22)20-15)21-8-10-23-11-9-21/h6-7,12H,8-11,13H2,1-5H3. The van der Waals surface area contributed by atoms with E-state index in [9.17, 15) is 0 Å². The molecular formula is C18H28IN3O2Si. The SMILES string of the molecule is CC(C)(C)[Si](C)(C)OCc1nc2ccc(N3CCOCC3)cn2c1I. The second kappa shape index (κ2) is 7.17. The predicted molar refractivity (Wildman–Crippen MR) is 113 cm³/mol. The van der Waals surface area contributed by atoms with Gasteiger partial charge in [-0.15, -0.1) is 0 Å². The molecule has 2 aromatic heterocycles. The molecule has 0 N–H and O–H groups in total. The summed E-state index contributed by atoms with van der Waals surface area (Å²) < 4.78 is 15.1. The molecule has 0 spiro atoms. The third kappa shape index (κ3) is 4.04. The molecule has 2 aromatic rings. The van der Waals surface area contributed by atoms with E-state index in [1.807, 2.05) is 0 Å². The number of pyridine rings is 1. The molecule has 0 aliphatic carbocycles. The highest BCUT2D eigenvalue weighted by Gasteiger charge is 2.37. The molecule has 1 fully saturated rings. The highest BCUT2D eigenvalue weighted by Crippen LogP contribution is 2.37. The van der Waals surface area contributed by atoms with Gasteiger partial charge >= 0.3 is 0 Å². The van der Waals surface area contributed by atoms with Crippen molar-refractivity contribution in [3.05, 3.63) is 27.7 Å². The van der Waals surface area contributed by atoms with E-state index < -0.39 is 8.32 Å². The number of fused-ring (bicyclic) bond motifs is 1. The molecule has 1 saturated heterocycles. The van der Waals surface area contributed by atoms with Crippen molar-refractivity contribution in [2.24, 2.45) is 0 Å². The lowest BCUT2D eigenvalue weighted by molar-refractivity contribution is 0.122. The smallest absolute Gasteiger partial charge is 0.192 e. The van der Waals surface area contributed by atoms with Gasteiger partial charge in [0.05, 0.1) is 31.2 Å². The number of imidazole rings is 1. The van der Waals surface area contributed by atoms with Gasteiger partial charge < -0.3 is 14.1 Å². The van der Waals surface area contributed by atoms with Gasteiger partial charge in [-0.1, -0.05) is 20.8 Å². The summed E-state index contributed by atoms with van der Waals surface area (Å²) >= 11 is 2.39. The number of ether oxygens (including phenoxy) is 1. The van der Waals surface area contributed by atoms with Crippen molar-refractivity contribution in [2.75, 3.05) is 31.2 Å². The Morgan fingerprint density at radius 1 is 1.24 bits per heavy atom. The molecule has 0 bridgehead atoms. The van der Waals surface area contributed by atoms with Gasteiger partial charge in [0.15, 0.2) is 8.32 Å². The van der Waals surface area contributed by atoms with Crippen molar-refractivity contribution in [3.63, 3.8) is 0 Å². The third-order valence-corrected chi connectivity index (χ3v) is 11.0. The topological polar surface area (TPSA) is 39.0 Å². The number of halogens is 1. The van der Waals surface area contributed by atoms with Gasteiger partial charge in [0, 0.05) is 19.3 Å². The van der Waals surface area contributed by atoms with Crippen molar-refractivity contribution >= 4 is 42.2 Å². The summed E-state index contributed by atoms with van der Waals surface area (Å²) in [7, 11) is -1.77. The van der Waals surface area contributed by atoms with E-state index in [0.29, 0.717) is 6.61 Å². The second-order valence-corrected chi connectivity index (χ2v) is 13.9. The van der Waals surface area contributed by atoms with Crippen LogP contribution in [-0.2, 0) is 15.8 Å². The molecule has 0 atom stereocenters. The van der Waals surface area contributed by atoms with E-state index in [1.165, 1.54) is 5.69 Å². The monoisotopic (exact) mass is 473 g/mol. The summed E-state index contributed by atoms with van der Waals surface area (Å²) in [6.45, 7) is 15.4. The first-order chi connectivity index (χ1) is 11.7. The van der Waals surface area contributed by atoms with Crippen LogP contribution in [0.25, 0.3) is 5.65 Å². The fraction of sp³-hybridized carbons (Fsp3) is 0.611. The molecule has 3 heterocycles. The fourth-order valence-electron chi connectivity index (χ4n) is 2.62. The Bertz CT molecular complexity index is 749. The number of morpholine rings is 1. The average molecular weight is 473 g/mol. The lowest BCUT2D eigenvalue weighted by Crippen LogP contribution is -2.40. The van der Waals surface area contributed by atoms with Crippen LogP contribution in [-0.4, -0.2) is 44.0 Å². The lowest BCUT2D eigenvalue weighted by Gasteiger charge is -2.35. The molecule has 0 unspecified atom stereocenters. The third-order valence-electron chi connectivity index (χ3n) is 5.36. The molecule has 7 heteroatoms. The first-order valence-corrected chi connectivity index (χ1v) is 12.8. The van der Waals surface area contributed by atoms with Gasteiger partial charge in [0.25, 0.3) is 0 Å². The zero-order valence-corrected chi connectivity index (χ0v) is 19.0. The van der Waals surface area contributed by atoms with E-state index in [2.05, 4.69) is 84.1 Å². The number of aromatic nitrogens is 2. The molecule has 0 saturated carbocycles. The van der Waals surface area contributed by atoms with Crippen LogP contribution in [0.1, 0.15) is 26.5 Å². The van der Waals surface area contributed by atoms with Gasteiger partial charge in [-0.05, 0) is 52.9 Å². The Kier molecular flexibility index (Phi) is 5.48. The van der Waals surface area contributed by atoms with E-state index in [-0.39, 0.29) is 5.04 Å². The highest BCUT2D eigenvalue weighted by molar-refractivity contribution is 14.1. The van der Waals surface area contributed by atoms with Crippen molar-refractivity contribution in [3.8, 4) is 0 Å². The predicted octanol–water partition coefficient (Wildman–Crippen LogP) is 4.30. The Morgan fingerprint density at radius 2 is 1.92 bits per heavy atom. The largest absolute Gasteiger partial charge is 0.411 e. The molecule has 1 aliphatic rings. The van der Waals surface area contributed by atoms with Crippen LogP contribution < -0.4 is 4.90 Å². The summed E-state index contributed by atoms with van der Waals surface area (Å²) in [5.41, 5.74) is 3.24. The first kappa shape index (κ1) is 19.1. The van der Waals surface area contributed by atoms with Crippen molar-refractivity contribution in [1.29, 1.82) is 0 Å². The molecular weight excluding hydrogens is 445 g/mol. The number of hydrogen-bond donors (Lipinski definition) is 0. The summed E-state index contributed by atoms with van der Waals surface area (Å²) in [6, 6.07) is 4.25. The Labute approximate surface area is 165 Å². The molecule has 0 radical (unpaired) electrons. The minimum atomic E-state index is -1.77. The molecule has 25 heavy (non-hydrogen) atoms. The van der Waals surface area contributed by atoms with Crippen molar-refractivity contribution < 1.29 is 9.16 Å². The van der Waals surface area contributed by atoms with Crippen LogP contribution in [0.5, 0.6) is 0 Å². The van der Waals surface area contributed by atoms with Crippen molar-refractivity contribution in [1.82, 2.24) is 9.38 Å². The minimum absolute atomic E-state index is 0.209. The maximum atomic E-state index is 6.37. The van der Waals surface area contributed by atoms with Gasteiger partial charge in [0.1, 0.15) is 9.35 Å². The van der Waals surface area contributed by atoms with Crippen LogP contribution in [0.2, 0.25) is 18.1 Å². The summed E-state index contributed by atoms with van der Waals surface area (Å²) in [5, 5.41) is 0.209. The van der Waals surface area contributed by atoms with Gasteiger partial charge in [-0.2, -0.15) is 0 Å². The summed E-state index contributed by atoms with van der Waals surface area (Å²) in [5.74, 6) is 0. The lowest BCUT2D eigenvalue weighted by atomic mass is 10.2. The minimum Gasteiger partial charge on any atom is -0.411 e. The summed E-state index contributed by atoms with van der Waals surface area (Å²) in [4.78, 5) is 7.16. The number of anilines is 1. The van der Waals surface area contributed by atoms with Crippen LogP contribution in [0.3, 0.4) is 0 Å². The highest BCUT2D eigenvalue weighted by atomic mass is 127. The van der Waals surface area contributed by atoms with E-state index in [4.69, 9.17) is 14.1 Å². The zero-order chi connectivity index (χ0) is 18.2. The molecule has 0 aromatic carbocycles. The molecule has 3 rings (SSSR count). The average Bonchev–Trinajstić information content (AvgIpc) is 2.88. The number of nitrogens with zero attached hydrogens (tertiary/aromatic N) is 3. The molecule has 138 valence electrons. The fourth-order valence-corrected chi connectivity index (χ4v) is 4.21. The molecule has 5 nitrogen and oxygen atoms in total. The summed E-state index contributed by atoms with van der Waals surface area (Å²) in [6.07, 6.45) is 2.19. The second-order valence-electron chi connectivity index (χ2n) is 8.11. The number of rotatable bonds is 4. The van der Waals surface area contributed by atoms with Gasteiger partial charge in [0.2, 0.25) is 0 Å². The zero-order valence-electron chi connectivity index (χ0n) is 15.8. The van der Waals surface area contributed by atoms with Gasteiger partial charge in [-0.3, -0.25) is 4.40 Å². The van der Waals surface area contributed by atoms with Crippen LogP contribution in [0, 0.1) is 3.70 Å². The first-order valence-electron chi connectivity index (χ1n) is 8.82. The van der Waals surface area contributed by atoms with Crippen LogP contribution in [0.4, 0.5) is 5.69 Å². The van der Waals surface area contributed by atoms with E-state index in [1.54, 1.807) is 0 Å². The maximum Gasteiger partial charge on any atom is 0.192 e. The Morgan fingerprint density at radius 3 is 2.56 bits per heavy atom. The van der Waals surface area contributed by atoms with Crippen molar-refractivity contribution in [2.45, 2.75) is 45.5 Å². The normalized spacial score (nSPS) is 16.6. The Balaban J connectivity index is 1.82. The van der Waals surface area contributed by atoms with E-state index in [0.717, 1.165) is 41.3 Å².